The van der Waals surface area contributed by atoms with Crippen LogP contribution in [0.3, 0.4) is 0 Å². The molecular weight excluding hydrogens is 404 g/mol. The fraction of sp³-hybridized carbons (Fsp3) is 0.667. The number of aromatic nitrogens is 2. The summed E-state index contributed by atoms with van der Waals surface area (Å²) in [5, 5.41) is 0.799. The molecule has 1 saturated carbocycles. The number of aromatic amines is 1. The number of H-pyrrole nitrogens is 1. The molecule has 1 N–H and O–H groups in total. The van der Waals surface area contributed by atoms with Gasteiger partial charge in [-0.3, -0.25) is 14.5 Å². The van der Waals surface area contributed by atoms with Gasteiger partial charge in [0.05, 0.1) is 16.9 Å². The van der Waals surface area contributed by atoms with Crippen LogP contribution in [0.25, 0.3) is 10.2 Å². The van der Waals surface area contributed by atoms with Crippen molar-refractivity contribution in [2.24, 2.45) is 0 Å². The standard InChI is InChI=1S/C21H28N4O2S2/c26-18(25-10-8-24(9-11-25)14-4-1-2-5-14)13-28-12-17-22-20(27)19-15-6-3-7-16(15)29-21(19)23-17/h14H,1-13H2,(H,22,23,27). The molecule has 2 aliphatic carbocycles. The van der Waals surface area contributed by atoms with Crippen molar-refractivity contribution in [3.63, 3.8) is 0 Å². The third kappa shape index (κ3) is 3.99. The van der Waals surface area contributed by atoms with E-state index in [-0.39, 0.29) is 11.5 Å². The molecule has 5 rings (SSSR count). The lowest BCUT2D eigenvalue weighted by molar-refractivity contribution is -0.130. The van der Waals surface area contributed by atoms with Crippen LogP contribution in [0.5, 0.6) is 0 Å². The van der Waals surface area contributed by atoms with Gasteiger partial charge in [0.1, 0.15) is 10.7 Å². The van der Waals surface area contributed by atoms with Crippen LogP contribution in [0.4, 0.5) is 0 Å². The van der Waals surface area contributed by atoms with E-state index in [1.54, 1.807) is 23.1 Å². The summed E-state index contributed by atoms with van der Waals surface area (Å²) in [5.74, 6) is 1.92. The molecule has 0 spiro atoms. The van der Waals surface area contributed by atoms with Crippen LogP contribution >= 0.6 is 23.1 Å². The molecule has 156 valence electrons. The molecule has 0 bridgehead atoms. The van der Waals surface area contributed by atoms with Gasteiger partial charge in [0.15, 0.2) is 0 Å². The Kier molecular flexibility index (Phi) is 5.67. The lowest BCUT2D eigenvalue weighted by atomic mass is 10.2. The topological polar surface area (TPSA) is 69.3 Å². The van der Waals surface area contributed by atoms with E-state index in [1.807, 2.05) is 4.90 Å². The molecule has 29 heavy (non-hydrogen) atoms. The van der Waals surface area contributed by atoms with E-state index in [0.717, 1.165) is 61.7 Å². The number of piperazine rings is 1. The number of hydrogen-bond donors (Lipinski definition) is 1. The number of aryl methyl sites for hydroxylation is 2. The second kappa shape index (κ2) is 8.40. The number of hydrogen-bond acceptors (Lipinski definition) is 6. The summed E-state index contributed by atoms with van der Waals surface area (Å²) in [4.78, 5) is 39.5. The first-order valence-electron chi connectivity index (χ1n) is 10.8. The Morgan fingerprint density at radius 2 is 1.93 bits per heavy atom. The Morgan fingerprint density at radius 3 is 2.72 bits per heavy atom. The molecule has 2 aromatic heterocycles. The van der Waals surface area contributed by atoms with Crippen molar-refractivity contribution < 1.29 is 4.79 Å². The quantitative estimate of drug-likeness (QED) is 0.787. The molecule has 6 nitrogen and oxygen atoms in total. The zero-order valence-corrected chi connectivity index (χ0v) is 18.4. The van der Waals surface area contributed by atoms with E-state index in [2.05, 4.69) is 14.9 Å². The molecule has 0 radical (unpaired) electrons. The maximum absolute atomic E-state index is 12.6. The van der Waals surface area contributed by atoms with Gasteiger partial charge >= 0.3 is 0 Å². The van der Waals surface area contributed by atoms with Crippen molar-refractivity contribution in [2.45, 2.75) is 56.7 Å². The number of nitrogens with zero attached hydrogens (tertiary/aromatic N) is 3. The summed E-state index contributed by atoms with van der Waals surface area (Å²) in [7, 11) is 0. The van der Waals surface area contributed by atoms with Crippen LogP contribution in [0.15, 0.2) is 4.79 Å². The second-order valence-corrected chi connectivity index (χ2v) is 10.5. The number of thioether (sulfide) groups is 1. The molecule has 2 aromatic rings. The Balaban J connectivity index is 1.13. The Bertz CT molecular complexity index is 955. The molecule has 3 heterocycles. The minimum absolute atomic E-state index is 0.0145. The van der Waals surface area contributed by atoms with Crippen LogP contribution in [0.1, 0.15) is 48.4 Å². The fourth-order valence-corrected chi connectivity index (χ4v) is 7.12. The number of rotatable bonds is 5. The van der Waals surface area contributed by atoms with E-state index in [4.69, 9.17) is 0 Å². The first kappa shape index (κ1) is 19.6. The summed E-state index contributed by atoms with van der Waals surface area (Å²) < 4.78 is 0. The maximum atomic E-state index is 12.6. The lowest BCUT2D eigenvalue weighted by Gasteiger charge is -2.38. The Labute approximate surface area is 179 Å². The summed E-state index contributed by atoms with van der Waals surface area (Å²) in [5.41, 5.74) is 1.20. The summed E-state index contributed by atoms with van der Waals surface area (Å²) in [6.07, 6.45) is 8.58. The average molecular weight is 433 g/mol. The van der Waals surface area contributed by atoms with Gasteiger partial charge in [0.25, 0.3) is 5.56 Å². The molecule has 1 amide bonds. The lowest BCUT2D eigenvalue weighted by Crippen LogP contribution is -2.51. The molecule has 3 aliphatic rings. The first-order chi connectivity index (χ1) is 14.2. The molecule has 0 atom stereocenters. The van der Waals surface area contributed by atoms with E-state index >= 15 is 0 Å². The summed E-state index contributed by atoms with van der Waals surface area (Å²) >= 11 is 3.22. The summed E-state index contributed by atoms with van der Waals surface area (Å²) in [6, 6.07) is 0.748. The predicted molar refractivity (Wildman–Crippen MR) is 119 cm³/mol. The van der Waals surface area contributed by atoms with Crippen molar-refractivity contribution >= 4 is 39.2 Å². The minimum atomic E-state index is -0.0145. The van der Waals surface area contributed by atoms with Crippen LogP contribution in [-0.2, 0) is 23.4 Å². The van der Waals surface area contributed by atoms with Gasteiger partial charge in [-0.2, -0.15) is 0 Å². The maximum Gasteiger partial charge on any atom is 0.259 e. The van der Waals surface area contributed by atoms with E-state index in [0.29, 0.717) is 17.3 Å². The van der Waals surface area contributed by atoms with Crippen molar-refractivity contribution in [1.29, 1.82) is 0 Å². The molecule has 0 unspecified atom stereocenters. The number of amides is 1. The van der Waals surface area contributed by atoms with Crippen molar-refractivity contribution in [1.82, 2.24) is 19.8 Å². The highest BCUT2D eigenvalue weighted by Gasteiger charge is 2.27. The van der Waals surface area contributed by atoms with Gasteiger partial charge in [0.2, 0.25) is 5.91 Å². The molecule has 1 saturated heterocycles. The van der Waals surface area contributed by atoms with Crippen LogP contribution < -0.4 is 5.56 Å². The highest BCUT2D eigenvalue weighted by molar-refractivity contribution is 7.99. The number of carbonyl (C=O) groups excluding carboxylic acids is 1. The Hall–Kier alpha value is -1.38. The zero-order valence-electron chi connectivity index (χ0n) is 16.7. The minimum Gasteiger partial charge on any atom is -0.339 e. The van der Waals surface area contributed by atoms with Gasteiger partial charge < -0.3 is 9.88 Å². The molecule has 2 fully saturated rings. The number of fused-ring (bicyclic) bond motifs is 3. The highest BCUT2D eigenvalue weighted by Crippen LogP contribution is 2.34. The normalized spacial score (nSPS) is 20.6. The zero-order chi connectivity index (χ0) is 19.8. The van der Waals surface area contributed by atoms with Gasteiger partial charge in [-0.1, -0.05) is 12.8 Å². The van der Waals surface area contributed by atoms with Gasteiger partial charge in [-0.15, -0.1) is 23.1 Å². The summed E-state index contributed by atoms with van der Waals surface area (Å²) in [6.45, 7) is 3.71. The van der Waals surface area contributed by atoms with Crippen molar-refractivity contribution in [3.05, 3.63) is 26.6 Å². The number of carbonyl (C=O) groups is 1. The van der Waals surface area contributed by atoms with Crippen molar-refractivity contribution in [3.8, 4) is 0 Å². The van der Waals surface area contributed by atoms with Crippen LogP contribution in [0.2, 0.25) is 0 Å². The Morgan fingerprint density at radius 1 is 1.14 bits per heavy atom. The fourth-order valence-electron chi connectivity index (χ4n) is 5.05. The largest absolute Gasteiger partial charge is 0.339 e. The van der Waals surface area contributed by atoms with E-state index in [9.17, 15) is 9.59 Å². The predicted octanol–water partition coefficient (Wildman–Crippen LogP) is 2.79. The first-order valence-corrected chi connectivity index (χ1v) is 12.8. The number of nitrogens with one attached hydrogen (secondary N) is 1. The average Bonchev–Trinajstić information content (AvgIpc) is 3.45. The van der Waals surface area contributed by atoms with Gasteiger partial charge in [-0.05, 0) is 37.7 Å². The monoisotopic (exact) mass is 432 g/mol. The van der Waals surface area contributed by atoms with E-state index < -0.39 is 0 Å². The highest BCUT2D eigenvalue weighted by atomic mass is 32.2. The third-order valence-corrected chi connectivity index (χ3v) is 8.71. The van der Waals surface area contributed by atoms with Crippen LogP contribution in [0, 0.1) is 0 Å². The van der Waals surface area contributed by atoms with E-state index in [1.165, 1.54) is 36.1 Å². The second-order valence-electron chi connectivity index (χ2n) is 8.40. The number of thiophene rings is 1. The molecule has 1 aliphatic heterocycles. The molecular formula is C21H28N4O2S2. The SMILES string of the molecule is O=C(CSCc1nc2sc3c(c2c(=O)[nH]1)CCC3)N1CCN(C2CCCC2)CC1. The van der Waals surface area contributed by atoms with Crippen molar-refractivity contribution in [2.75, 3.05) is 31.9 Å². The molecule has 8 heteroatoms. The van der Waals surface area contributed by atoms with Gasteiger partial charge in [-0.25, -0.2) is 4.98 Å². The smallest absolute Gasteiger partial charge is 0.259 e. The third-order valence-electron chi connectivity index (χ3n) is 6.60. The van der Waals surface area contributed by atoms with Gasteiger partial charge in [0, 0.05) is 37.1 Å². The molecule has 0 aromatic carbocycles. The van der Waals surface area contributed by atoms with Crippen LogP contribution in [-0.4, -0.2) is 63.6 Å².